The SMILES string of the molecule is CC1COCCN1c1ccc(NS(=O)(=O)CCc2ccccc2)cc1. The third kappa shape index (κ3) is 4.96. The maximum absolute atomic E-state index is 12.3. The second kappa shape index (κ2) is 7.89. The van der Waals surface area contributed by atoms with Gasteiger partial charge in [-0.15, -0.1) is 0 Å². The number of anilines is 2. The Labute approximate surface area is 149 Å². The maximum atomic E-state index is 12.3. The fourth-order valence-electron chi connectivity index (χ4n) is 2.96. The van der Waals surface area contributed by atoms with Crippen LogP contribution in [0.25, 0.3) is 0 Å². The molecule has 1 heterocycles. The van der Waals surface area contributed by atoms with Crippen LogP contribution in [0.1, 0.15) is 12.5 Å². The van der Waals surface area contributed by atoms with Crippen LogP contribution in [0.2, 0.25) is 0 Å². The number of ether oxygens (including phenoxy) is 1. The summed E-state index contributed by atoms with van der Waals surface area (Å²) in [6.07, 6.45) is 0.500. The van der Waals surface area contributed by atoms with E-state index in [2.05, 4.69) is 16.5 Å². The first-order chi connectivity index (χ1) is 12.0. The Bertz CT molecular complexity index is 776. The Morgan fingerprint density at radius 3 is 2.52 bits per heavy atom. The summed E-state index contributed by atoms with van der Waals surface area (Å²) in [6.45, 7) is 4.41. The summed E-state index contributed by atoms with van der Waals surface area (Å²) in [6, 6.07) is 17.5. The van der Waals surface area contributed by atoms with Crippen molar-refractivity contribution in [1.82, 2.24) is 0 Å². The predicted octanol–water partition coefficient (Wildman–Crippen LogP) is 2.90. The molecule has 5 nitrogen and oxygen atoms in total. The molecule has 0 bridgehead atoms. The zero-order valence-corrected chi connectivity index (χ0v) is 15.2. The first-order valence-electron chi connectivity index (χ1n) is 8.52. The minimum absolute atomic E-state index is 0.0687. The van der Waals surface area contributed by atoms with Crippen molar-refractivity contribution in [2.75, 3.05) is 35.1 Å². The van der Waals surface area contributed by atoms with Gasteiger partial charge in [0.05, 0.1) is 19.0 Å². The van der Waals surface area contributed by atoms with E-state index >= 15 is 0 Å². The molecule has 1 unspecified atom stereocenters. The summed E-state index contributed by atoms with van der Waals surface area (Å²) in [5.74, 6) is 0.0687. The van der Waals surface area contributed by atoms with Crippen LogP contribution in [0.4, 0.5) is 11.4 Å². The van der Waals surface area contributed by atoms with E-state index in [1.54, 1.807) is 0 Å². The van der Waals surface area contributed by atoms with Gasteiger partial charge in [0.15, 0.2) is 0 Å². The molecule has 0 amide bonds. The Balaban J connectivity index is 1.60. The fourth-order valence-corrected chi connectivity index (χ4v) is 4.06. The largest absolute Gasteiger partial charge is 0.377 e. The number of rotatable bonds is 6. The van der Waals surface area contributed by atoms with Crippen molar-refractivity contribution in [3.8, 4) is 0 Å². The molecule has 1 aliphatic heterocycles. The van der Waals surface area contributed by atoms with Crippen molar-refractivity contribution < 1.29 is 13.2 Å². The lowest BCUT2D eigenvalue weighted by Crippen LogP contribution is -2.43. The maximum Gasteiger partial charge on any atom is 0.233 e. The lowest BCUT2D eigenvalue weighted by atomic mass is 10.2. The van der Waals surface area contributed by atoms with Crippen LogP contribution >= 0.6 is 0 Å². The van der Waals surface area contributed by atoms with Crippen molar-refractivity contribution in [2.45, 2.75) is 19.4 Å². The van der Waals surface area contributed by atoms with Gasteiger partial charge in [-0.05, 0) is 43.2 Å². The molecule has 6 heteroatoms. The lowest BCUT2D eigenvalue weighted by Gasteiger charge is -2.35. The Morgan fingerprint density at radius 1 is 1.12 bits per heavy atom. The number of hydrogen-bond acceptors (Lipinski definition) is 4. The van der Waals surface area contributed by atoms with Gasteiger partial charge in [-0.25, -0.2) is 8.42 Å². The van der Waals surface area contributed by atoms with E-state index in [0.717, 1.165) is 24.4 Å². The van der Waals surface area contributed by atoms with Crippen molar-refractivity contribution in [1.29, 1.82) is 0 Å². The molecule has 0 aromatic heterocycles. The third-order valence-electron chi connectivity index (χ3n) is 4.34. The Morgan fingerprint density at radius 2 is 1.84 bits per heavy atom. The van der Waals surface area contributed by atoms with E-state index in [1.165, 1.54) is 0 Å². The van der Waals surface area contributed by atoms with Crippen LogP contribution in [0.15, 0.2) is 54.6 Å². The number of sulfonamides is 1. The molecular formula is C19H24N2O3S. The normalized spacial score (nSPS) is 18.1. The topological polar surface area (TPSA) is 58.6 Å². The van der Waals surface area contributed by atoms with Gasteiger partial charge in [-0.3, -0.25) is 4.72 Å². The van der Waals surface area contributed by atoms with Crippen molar-refractivity contribution >= 4 is 21.4 Å². The number of hydrogen-bond donors (Lipinski definition) is 1. The first-order valence-corrected chi connectivity index (χ1v) is 10.2. The molecule has 0 aliphatic carbocycles. The smallest absolute Gasteiger partial charge is 0.233 e. The van der Waals surface area contributed by atoms with E-state index in [0.29, 0.717) is 24.8 Å². The lowest BCUT2D eigenvalue weighted by molar-refractivity contribution is 0.0989. The summed E-state index contributed by atoms with van der Waals surface area (Å²) in [4.78, 5) is 2.27. The molecule has 134 valence electrons. The Kier molecular flexibility index (Phi) is 5.60. The van der Waals surface area contributed by atoms with E-state index in [4.69, 9.17) is 4.74 Å². The van der Waals surface area contributed by atoms with Crippen LogP contribution in [0.5, 0.6) is 0 Å². The predicted molar refractivity (Wildman–Crippen MR) is 102 cm³/mol. The van der Waals surface area contributed by atoms with Gasteiger partial charge in [-0.2, -0.15) is 0 Å². The fraction of sp³-hybridized carbons (Fsp3) is 0.368. The van der Waals surface area contributed by atoms with E-state index in [-0.39, 0.29) is 5.75 Å². The molecule has 0 spiro atoms. The van der Waals surface area contributed by atoms with Gasteiger partial charge < -0.3 is 9.64 Å². The summed E-state index contributed by atoms with van der Waals surface area (Å²) in [7, 11) is -3.36. The molecule has 1 N–H and O–H groups in total. The van der Waals surface area contributed by atoms with Gasteiger partial charge in [0.1, 0.15) is 0 Å². The quantitative estimate of drug-likeness (QED) is 0.861. The van der Waals surface area contributed by atoms with Gasteiger partial charge in [0.2, 0.25) is 10.0 Å². The van der Waals surface area contributed by atoms with E-state index in [1.807, 2.05) is 54.6 Å². The van der Waals surface area contributed by atoms with E-state index < -0.39 is 10.0 Å². The molecule has 0 radical (unpaired) electrons. The van der Waals surface area contributed by atoms with Crippen LogP contribution in [0.3, 0.4) is 0 Å². The highest BCUT2D eigenvalue weighted by molar-refractivity contribution is 7.92. The minimum Gasteiger partial charge on any atom is -0.377 e. The number of benzene rings is 2. The minimum atomic E-state index is -3.36. The van der Waals surface area contributed by atoms with Gasteiger partial charge in [0.25, 0.3) is 0 Å². The molecule has 1 fully saturated rings. The number of nitrogens with one attached hydrogen (secondary N) is 1. The van der Waals surface area contributed by atoms with Crippen molar-refractivity contribution in [3.05, 3.63) is 60.2 Å². The average Bonchev–Trinajstić information content (AvgIpc) is 2.62. The molecule has 1 saturated heterocycles. The molecule has 2 aromatic carbocycles. The third-order valence-corrected chi connectivity index (χ3v) is 5.63. The zero-order valence-electron chi connectivity index (χ0n) is 14.4. The first kappa shape index (κ1) is 17.8. The molecule has 0 saturated carbocycles. The number of nitrogens with zero attached hydrogens (tertiary/aromatic N) is 1. The summed E-state index contributed by atoms with van der Waals surface area (Å²) in [5, 5.41) is 0. The van der Waals surface area contributed by atoms with Crippen molar-refractivity contribution in [3.63, 3.8) is 0 Å². The summed E-state index contributed by atoms with van der Waals surface area (Å²) >= 11 is 0. The number of aryl methyl sites for hydroxylation is 1. The number of morpholine rings is 1. The molecule has 3 rings (SSSR count). The Hall–Kier alpha value is -2.05. The second-order valence-corrected chi connectivity index (χ2v) is 8.16. The average molecular weight is 360 g/mol. The van der Waals surface area contributed by atoms with Crippen LogP contribution < -0.4 is 9.62 Å². The zero-order chi connectivity index (χ0) is 17.7. The van der Waals surface area contributed by atoms with Gasteiger partial charge >= 0.3 is 0 Å². The summed E-state index contributed by atoms with van der Waals surface area (Å²) < 4.78 is 32.7. The highest BCUT2D eigenvalue weighted by Gasteiger charge is 2.19. The van der Waals surface area contributed by atoms with Gasteiger partial charge in [-0.1, -0.05) is 30.3 Å². The molecular weight excluding hydrogens is 336 g/mol. The highest BCUT2D eigenvalue weighted by Crippen LogP contribution is 2.22. The molecule has 1 aliphatic rings. The van der Waals surface area contributed by atoms with Gasteiger partial charge in [0, 0.05) is 24.0 Å². The molecule has 25 heavy (non-hydrogen) atoms. The second-order valence-electron chi connectivity index (χ2n) is 6.32. The van der Waals surface area contributed by atoms with Crippen molar-refractivity contribution in [2.24, 2.45) is 0 Å². The highest BCUT2D eigenvalue weighted by atomic mass is 32.2. The molecule has 2 aromatic rings. The van der Waals surface area contributed by atoms with Crippen LogP contribution in [0, 0.1) is 0 Å². The molecule has 1 atom stereocenters. The standard InChI is InChI=1S/C19H24N2O3S/c1-16-15-24-13-12-21(16)19-9-7-18(8-10-19)20-25(22,23)14-11-17-5-3-2-4-6-17/h2-10,16,20H,11-15H2,1H3. The van der Waals surface area contributed by atoms with E-state index in [9.17, 15) is 8.42 Å². The van der Waals surface area contributed by atoms with Crippen LogP contribution in [-0.2, 0) is 21.2 Å². The monoisotopic (exact) mass is 360 g/mol. The summed E-state index contributed by atoms with van der Waals surface area (Å²) in [5.41, 5.74) is 2.70. The van der Waals surface area contributed by atoms with Crippen LogP contribution in [-0.4, -0.2) is 40.0 Å².